The lowest BCUT2D eigenvalue weighted by molar-refractivity contribution is -0.274. The van der Waals surface area contributed by atoms with Crippen molar-refractivity contribution in [2.24, 2.45) is 0 Å². The number of carbonyl (C=O) groups excluding carboxylic acids is 1. The van der Waals surface area contributed by atoms with E-state index in [1.54, 1.807) is 4.72 Å². The van der Waals surface area contributed by atoms with Crippen LogP contribution >= 0.6 is 23.2 Å². The van der Waals surface area contributed by atoms with Gasteiger partial charge in [-0.15, -0.1) is 13.2 Å². The molecular formula is C21H20Cl2F4N2O5S. The maximum atomic E-state index is 14.5. The zero-order chi connectivity index (χ0) is 26.0. The fraction of sp³-hybridized carbons (Fsp3) is 0.381. The van der Waals surface area contributed by atoms with Crippen molar-refractivity contribution in [3.8, 4) is 11.5 Å². The molecule has 0 bridgehead atoms. The largest absolute Gasteiger partial charge is 0.573 e. The highest BCUT2D eigenvalue weighted by atomic mass is 35.5. The molecule has 7 nitrogen and oxygen atoms in total. The van der Waals surface area contributed by atoms with Gasteiger partial charge in [-0.05, 0) is 43.5 Å². The van der Waals surface area contributed by atoms with Crippen molar-refractivity contribution in [2.75, 3.05) is 24.3 Å². The first-order chi connectivity index (χ1) is 16.2. The average Bonchev–Trinajstić information content (AvgIpc) is 2.73. The number of piperidine rings is 1. The van der Waals surface area contributed by atoms with E-state index in [1.165, 1.54) is 12.1 Å². The number of halogens is 6. The molecule has 14 heteroatoms. The van der Waals surface area contributed by atoms with E-state index in [4.69, 9.17) is 27.9 Å². The Morgan fingerprint density at radius 1 is 1.14 bits per heavy atom. The van der Waals surface area contributed by atoms with Crippen LogP contribution in [0.4, 0.5) is 23.2 Å². The van der Waals surface area contributed by atoms with Gasteiger partial charge in [0.05, 0.1) is 27.9 Å². The molecule has 0 radical (unpaired) electrons. The van der Waals surface area contributed by atoms with Crippen molar-refractivity contribution in [3.05, 3.63) is 51.8 Å². The van der Waals surface area contributed by atoms with E-state index in [0.717, 1.165) is 37.3 Å². The van der Waals surface area contributed by atoms with Gasteiger partial charge >= 0.3 is 6.36 Å². The number of hydrogen-bond donors (Lipinski definition) is 1. The van der Waals surface area contributed by atoms with Crippen LogP contribution in [0.25, 0.3) is 0 Å². The van der Waals surface area contributed by atoms with Gasteiger partial charge in [0.1, 0.15) is 23.9 Å². The molecule has 0 unspecified atom stereocenters. The van der Waals surface area contributed by atoms with Crippen LogP contribution in [-0.2, 0) is 10.0 Å². The number of ether oxygens (including phenoxy) is 2. The number of rotatable bonds is 7. The summed E-state index contributed by atoms with van der Waals surface area (Å²) >= 11 is 12.1. The molecule has 3 rings (SSSR count). The number of nitrogens with zero attached hydrogens (tertiary/aromatic N) is 1. The molecule has 0 aromatic heterocycles. The summed E-state index contributed by atoms with van der Waals surface area (Å²) in [5.41, 5.74) is -0.00855. The molecule has 1 aliphatic heterocycles. The Labute approximate surface area is 208 Å². The van der Waals surface area contributed by atoms with E-state index in [2.05, 4.69) is 4.74 Å². The third-order valence-electron chi connectivity index (χ3n) is 5.08. The highest BCUT2D eigenvalue weighted by Crippen LogP contribution is 2.36. The van der Waals surface area contributed by atoms with Crippen LogP contribution in [0.5, 0.6) is 11.5 Å². The number of carbonyl (C=O) groups is 1. The first-order valence-electron chi connectivity index (χ1n) is 10.2. The Bertz CT molecular complexity index is 1210. The van der Waals surface area contributed by atoms with Crippen molar-refractivity contribution in [1.29, 1.82) is 0 Å². The molecule has 2 aromatic rings. The summed E-state index contributed by atoms with van der Waals surface area (Å²) in [5, 5.41) is -0.317. The van der Waals surface area contributed by atoms with E-state index in [-0.39, 0.29) is 28.4 Å². The Kier molecular flexibility index (Phi) is 8.28. The van der Waals surface area contributed by atoms with Gasteiger partial charge in [-0.25, -0.2) is 17.5 Å². The Morgan fingerprint density at radius 2 is 1.83 bits per heavy atom. The van der Waals surface area contributed by atoms with Crippen LogP contribution in [0.15, 0.2) is 30.3 Å². The molecule has 2 aromatic carbocycles. The predicted octanol–water partition coefficient (Wildman–Crippen LogP) is 5.16. The number of hydrogen-bond acceptors (Lipinski definition) is 6. The molecule has 0 spiro atoms. The van der Waals surface area contributed by atoms with Crippen LogP contribution in [0.3, 0.4) is 0 Å². The third kappa shape index (κ3) is 7.52. The van der Waals surface area contributed by atoms with E-state index >= 15 is 0 Å². The summed E-state index contributed by atoms with van der Waals surface area (Å²) in [6, 6.07) is 5.55. The van der Waals surface area contributed by atoms with Crippen molar-refractivity contribution < 1.29 is 40.2 Å². The first kappa shape index (κ1) is 27.2. The highest BCUT2D eigenvalue weighted by molar-refractivity contribution is 7.89. The van der Waals surface area contributed by atoms with Crippen molar-refractivity contribution in [1.82, 2.24) is 4.72 Å². The van der Waals surface area contributed by atoms with Crippen LogP contribution in [-0.4, -0.2) is 46.1 Å². The lowest BCUT2D eigenvalue weighted by Gasteiger charge is -2.37. The van der Waals surface area contributed by atoms with Gasteiger partial charge in [-0.1, -0.05) is 23.2 Å². The summed E-state index contributed by atoms with van der Waals surface area (Å²) in [7, 11) is -3.90. The van der Waals surface area contributed by atoms with E-state index < -0.39 is 39.4 Å². The van der Waals surface area contributed by atoms with Gasteiger partial charge in [0.2, 0.25) is 10.0 Å². The van der Waals surface area contributed by atoms with Crippen molar-refractivity contribution in [2.45, 2.75) is 31.7 Å². The molecule has 192 valence electrons. The first-order valence-corrected chi connectivity index (χ1v) is 12.8. The third-order valence-corrected chi connectivity index (χ3v) is 6.22. The molecule has 0 saturated carbocycles. The van der Waals surface area contributed by atoms with Crippen LogP contribution < -0.4 is 19.1 Å². The zero-order valence-corrected chi connectivity index (χ0v) is 20.5. The van der Waals surface area contributed by atoms with Gasteiger partial charge < -0.3 is 14.4 Å². The topological polar surface area (TPSA) is 84.9 Å². The fourth-order valence-corrected chi connectivity index (χ4v) is 4.49. The lowest BCUT2D eigenvalue weighted by atomic mass is 10.0. The second-order valence-electron chi connectivity index (χ2n) is 7.78. The van der Waals surface area contributed by atoms with Crippen molar-refractivity contribution >= 4 is 44.8 Å². The molecule has 1 N–H and O–H groups in total. The number of benzene rings is 2. The highest BCUT2D eigenvalue weighted by Gasteiger charge is 2.32. The van der Waals surface area contributed by atoms with Gasteiger partial charge in [-0.2, -0.15) is 0 Å². The minimum absolute atomic E-state index is 0.0481. The minimum atomic E-state index is -4.87. The maximum absolute atomic E-state index is 14.5. The molecule has 1 saturated heterocycles. The summed E-state index contributed by atoms with van der Waals surface area (Å²) in [5.74, 6) is -2.78. The summed E-state index contributed by atoms with van der Waals surface area (Å²) in [4.78, 5) is 13.9. The molecule has 1 fully saturated rings. The minimum Gasteiger partial charge on any atom is -0.490 e. The fourth-order valence-electron chi connectivity index (χ4n) is 3.61. The second kappa shape index (κ2) is 10.7. The maximum Gasteiger partial charge on any atom is 0.573 e. The molecule has 1 heterocycles. The van der Waals surface area contributed by atoms with Crippen LogP contribution in [0, 0.1) is 5.82 Å². The zero-order valence-electron chi connectivity index (χ0n) is 18.2. The predicted molar refractivity (Wildman–Crippen MR) is 122 cm³/mol. The number of anilines is 1. The van der Waals surface area contributed by atoms with Gasteiger partial charge in [-0.3, -0.25) is 4.79 Å². The Balaban J connectivity index is 1.74. The van der Waals surface area contributed by atoms with Gasteiger partial charge in [0.15, 0.2) is 0 Å². The Morgan fingerprint density at radius 3 is 2.46 bits per heavy atom. The smallest absolute Gasteiger partial charge is 0.490 e. The van der Waals surface area contributed by atoms with Crippen molar-refractivity contribution in [3.63, 3.8) is 0 Å². The average molecular weight is 559 g/mol. The van der Waals surface area contributed by atoms with E-state index in [1.807, 2.05) is 4.90 Å². The summed E-state index contributed by atoms with van der Waals surface area (Å²) in [6.07, 6.45) is -1.76. The molecule has 0 aliphatic carbocycles. The van der Waals surface area contributed by atoms with E-state index in [0.29, 0.717) is 18.7 Å². The van der Waals surface area contributed by atoms with Crippen LogP contribution in [0.2, 0.25) is 10.0 Å². The summed E-state index contributed by atoms with van der Waals surface area (Å²) in [6.45, 7) is 0.628. The number of amides is 1. The monoisotopic (exact) mass is 558 g/mol. The molecule has 1 atom stereocenters. The number of alkyl halides is 3. The number of sulfonamides is 1. The van der Waals surface area contributed by atoms with Crippen LogP contribution in [0.1, 0.15) is 29.6 Å². The van der Waals surface area contributed by atoms with E-state index in [9.17, 15) is 30.8 Å². The molecule has 35 heavy (non-hydrogen) atoms. The van der Waals surface area contributed by atoms with Gasteiger partial charge in [0.25, 0.3) is 5.91 Å². The normalized spacial score (nSPS) is 16.7. The standard InChI is InChI=1S/C21H20Cl2F4N2O5S/c1-35(31,32)28-20(30)14-9-16(23)19(10-17(14)24)33-11-13-4-2-3-7-29(13)12-5-6-18(15(22)8-12)34-21(25,26)27/h5-6,8-10,13H,2-4,7,11H2,1H3,(H,28,30)/t13-/m1/s1. The second-order valence-corrected chi connectivity index (χ2v) is 10.3. The molecule has 1 aliphatic rings. The molecular weight excluding hydrogens is 539 g/mol. The SMILES string of the molecule is CS(=O)(=O)NC(=O)c1cc(Cl)c(OC[C@H]2CCCCN2c2ccc(OC(F)(F)F)c(Cl)c2)cc1F. The molecule has 1 amide bonds. The quantitative estimate of drug-likeness (QED) is 0.472. The van der Waals surface area contributed by atoms with Gasteiger partial charge in [0, 0.05) is 18.3 Å². The summed E-state index contributed by atoms with van der Waals surface area (Å²) < 4.78 is 85.7. The Hall–Kier alpha value is -2.44. The lowest BCUT2D eigenvalue weighted by Crippen LogP contribution is -2.43. The number of nitrogens with one attached hydrogen (secondary N) is 1.